The second kappa shape index (κ2) is 5.95. The zero-order valence-corrected chi connectivity index (χ0v) is 10.8. The molecular weight excluding hydrogens is 240 g/mol. The summed E-state index contributed by atoms with van der Waals surface area (Å²) in [7, 11) is 0. The zero-order valence-electron chi connectivity index (χ0n) is 9.23. The third-order valence-corrected chi connectivity index (χ3v) is 4.50. The van der Waals surface area contributed by atoms with Gasteiger partial charge in [0.2, 0.25) is 0 Å². The van der Waals surface area contributed by atoms with Crippen molar-refractivity contribution < 1.29 is 5.11 Å². The topological polar surface area (TPSA) is 20.2 Å². The molecule has 1 atom stereocenters. The highest BCUT2D eigenvalue weighted by Gasteiger charge is 2.20. The first-order chi connectivity index (χ1) is 7.74. The molecule has 1 fully saturated rings. The lowest BCUT2D eigenvalue weighted by Gasteiger charge is -2.27. The molecule has 0 bridgehead atoms. The van der Waals surface area contributed by atoms with Crippen LogP contribution in [-0.2, 0) is 0 Å². The first-order valence-electron chi connectivity index (χ1n) is 5.80. The van der Waals surface area contributed by atoms with Gasteiger partial charge in [-0.25, -0.2) is 0 Å². The molecule has 0 amide bonds. The molecule has 2 rings (SSSR count). The Kier molecular flexibility index (Phi) is 4.56. The Morgan fingerprint density at radius 3 is 2.56 bits per heavy atom. The lowest BCUT2D eigenvalue weighted by atomic mass is 9.82. The van der Waals surface area contributed by atoms with Crippen molar-refractivity contribution in [3.05, 3.63) is 29.3 Å². The maximum Gasteiger partial charge on any atom is 0.0636 e. The van der Waals surface area contributed by atoms with Crippen molar-refractivity contribution in [2.75, 3.05) is 5.75 Å². The molecule has 1 aliphatic carbocycles. The molecule has 0 radical (unpaired) electrons. The SMILES string of the molecule is OC(CSc1ccc(Cl)cc1)CC1CCC1. The second-order valence-electron chi connectivity index (χ2n) is 4.45. The lowest BCUT2D eigenvalue weighted by Crippen LogP contribution is -2.20. The fourth-order valence-electron chi connectivity index (χ4n) is 1.90. The number of hydrogen-bond acceptors (Lipinski definition) is 2. The molecular formula is C13H17ClOS. The van der Waals surface area contributed by atoms with Crippen LogP contribution in [0.5, 0.6) is 0 Å². The Morgan fingerprint density at radius 1 is 1.31 bits per heavy atom. The van der Waals surface area contributed by atoms with E-state index in [9.17, 15) is 5.11 Å². The van der Waals surface area contributed by atoms with E-state index >= 15 is 0 Å². The first-order valence-corrected chi connectivity index (χ1v) is 7.17. The number of thioether (sulfide) groups is 1. The van der Waals surface area contributed by atoms with Gasteiger partial charge in [0.05, 0.1) is 6.10 Å². The molecule has 0 saturated heterocycles. The smallest absolute Gasteiger partial charge is 0.0636 e. The third kappa shape index (κ3) is 3.69. The standard InChI is InChI=1S/C13H17ClOS/c14-11-4-6-13(7-5-11)16-9-12(15)8-10-2-1-3-10/h4-7,10,12,15H,1-3,8-9H2. The molecule has 1 nitrogen and oxygen atoms in total. The van der Waals surface area contributed by atoms with Crippen LogP contribution in [0.4, 0.5) is 0 Å². The Morgan fingerprint density at radius 2 is 2.00 bits per heavy atom. The van der Waals surface area contributed by atoms with Gasteiger partial charge in [-0.2, -0.15) is 0 Å². The van der Waals surface area contributed by atoms with Gasteiger partial charge in [-0.1, -0.05) is 30.9 Å². The summed E-state index contributed by atoms with van der Waals surface area (Å²) in [6.07, 6.45) is 4.78. The van der Waals surface area contributed by atoms with Crippen LogP contribution < -0.4 is 0 Å². The second-order valence-corrected chi connectivity index (χ2v) is 5.98. The van der Waals surface area contributed by atoms with Crippen LogP contribution in [0.2, 0.25) is 5.02 Å². The number of halogens is 1. The van der Waals surface area contributed by atoms with Gasteiger partial charge in [-0.15, -0.1) is 11.8 Å². The lowest BCUT2D eigenvalue weighted by molar-refractivity contribution is 0.136. The Labute approximate surface area is 106 Å². The van der Waals surface area contributed by atoms with E-state index in [0.717, 1.165) is 23.1 Å². The van der Waals surface area contributed by atoms with Crippen LogP contribution >= 0.6 is 23.4 Å². The summed E-state index contributed by atoms with van der Waals surface area (Å²) in [5.41, 5.74) is 0. The summed E-state index contributed by atoms with van der Waals surface area (Å²) < 4.78 is 0. The highest BCUT2D eigenvalue weighted by Crippen LogP contribution is 2.31. The third-order valence-electron chi connectivity index (χ3n) is 3.09. The molecule has 1 saturated carbocycles. The van der Waals surface area contributed by atoms with E-state index in [0.29, 0.717) is 0 Å². The van der Waals surface area contributed by atoms with Gasteiger partial charge in [0, 0.05) is 15.7 Å². The van der Waals surface area contributed by atoms with Crippen LogP contribution in [0, 0.1) is 5.92 Å². The van der Waals surface area contributed by atoms with E-state index in [1.807, 2.05) is 24.3 Å². The summed E-state index contributed by atoms with van der Waals surface area (Å²) in [6.45, 7) is 0. The summed E-state index contributed by atoms with van der Waals surface area (Å²) in [4.78, 5) is 1.18. The normalized spacial score (nSPS) is 18.1. The predicted molar refractivity (Wildman–Crippen MR) is 70.1 cm³/mol. The molecule has 1 aromatic rings. The highest BCUT2D eigenvalue weighted by molar-refractivity contribution is 7.99. The van der Waals surface area contributed by atoms with Crippen LogP contribution in [0.25, 0.3) is 0 Å². The van der Waals surface area contributed by atoms with Gasteiger partial charge in [0.15, 0.2) is 0 Å². The number of aliphatic hydroxyl groups is 1. The average molecular weight is 257 g/mol. The molecule has 1 aliphatic rings. The quantitative estimate of drug-likeness (QED) is 0.804. The number of hydrogen-bond donors (Lipinski definition) is 1. The number of rotatable bonds is 5. The van der Waals surface area contributed by atoms with Crippen molar-refractivity contribution in [2.24, 2.45) is 5.92 Å². The van der Waals surface area contributed by atoms with Crippen molar-refractivity contribution in [1.29, 1.82) is 0 Å². The van der Waals surface area contributed by atoms with E-state index in [1.165, 1.54) is 24.2 Å². The first kappa shape index (κ1) is 12.3. The van der Waals surface area contributed by atoms with Crippen LogP contribution in [-0.4, -0.2) is 17.0 Å². The molecule has 0 spiro atoms. The van der Waals surface area contributed by atoms with Crippen LogP contribution in [0.1, 0.15) is 25.7 Å². The van der Waals surface area contributed by atoms with Gasteiger partial charge in [0.1, 0.15) is 0 Å². The molecule has 1 N–H and O–H groups in total. The van der Waals surface area contributed by atoms with E-state index < -0.39 is 0 Å². The summed E-state index contributed by atoms with van der Waals surface area (Å²) in [5.74, 6) is 1.57. The monoisotopic (exact) mass is 256 g/mol. The van der Waals surface area contributed by atoms with E-state index in [1.54, 1.807) is 11.8 Å². The van der Waals surface area contributed by atoms with Crippen molar-refractivity contribution in [1.82, 2.24) is 0 Å². The highest BCUT2D eigenvalue weighted by atomic mass is 35.5. The summed E-state index contributed by atoms with van der Waals surface area (Å²) in [5, 5.41) is 10.6. The van der Waals surface area contributed by atoms with E-state index in [2.05, 4.69) is 0 Å². The number of benzene rings is 1. The molecule has 1 aromatic carbocycles. The minimum atomic E-state index is -0.161. The minimum Gasteiger partial charge on any atom is -0.392 e. The zero-order chi connectivity index (χ0) is 11.4. The Balaban J connectivity index is 1.71. The maximum atomic E-state index is 9.85. The van der Waals surface area contributed by atoms with Gasteiger partial charge >= 0.3 is 0 Å². The number of aliphatic hydroxyl groups excluding tert-OH is 1. The maximum absolute atomic E-state index is 9.85. The van der Waals surface area contributed by atoms with Crippen molar-refractivity contribution >= 4 is 23.4 Å². The molecule has 0 aliphatic heterocycles. The van der Waals surface area contributed by atoms with E-state index in [-0.39, 0.29) is 6.10 Å². The fourth-order valence-corrected chi connectivity index (χ4v) is 2.88. The van der Waals surface area contributed by atoms with Gasteiger partial charge in [0.25, 0.3) is 0 Å². The molecule has 0 heterocycles. The summed E-state index contributed by atoms with van der Waals surface area (Å²) in [6, 6.07) is 7.79. The van der Waals surface area contributed by atoms with Crippen LogP contribution in [0.3, 0.4) is 0 Å². The minimum absolute atomic E-state index is 0.161. The molecule has 0 aromatic heterocycles. The molecule has 1 unspecified atom stereocenters. The van der Waals surface area contributed by atoms with Gasteiger partial charge in [-0.05, 0) is 36.6 Å². The van der Waals surface area contributed by atoms with E-state index in [4.69, 9.17) is 11.6 Å². The molecule has 16 heavy (non-hydrogen) atoms. The van der Waals surface area contributed by atoms with Crippen molar-refractivity contribution in [3.63, 3.8) is 0 Å². The molecule has 3 heteroatoms. The largest absolute Gasteiger partial charge is 0.392 e. The van der Waals surface area contributed by atoms with Crippen LogP contribution in [0.15, 0.2) is 29.2 Å². The average Bonchev–Trinajstić information content (AvgIpc) is 2.23. The summed E-state index contributed by atoms with van der Waals surface area (Å²) >= 11 is 7.52. The Bertz CT molecular complexity index is 321. The van der Waals surface area contributed by atoms with Gasteiger partial charge in [-0.3, -0.25) is 0 Å². The Hall–Kier alpha value is -0.180. The van der Waals surface area contributed by atoms with Crippen molar-refractivity contribution in [3.8, 4) is 0 Å². The van der Waals surface area contributed by atoms with Crippen molar-refractivity contribution in [2.45, 2.75) is 36.7 Å². The van der Waals surface area contributed by atoms with Gasteiger partial charge < -0.3 is 5.11 Å². The molecule has 88 valence electrons. The fraction of sp³-hybridized carbons (Fsp3) is 0.538. The predicted octanol–water partition coefficient (Wildman–Crippen LogP) is 3.98.